The lowest BCUT2D eigenvalue weighted by atomic mass is 10.2. The molecule has 25 heavy (non-hydrogen) atoms. The maximum Gasteiger partial charge on any atom is 0.224 e. The van der Waals surface area contributed by atoms with Crippen molar-refractivity contribution in [1.82, 2.24) is 19.1 Å². The molecule has 1 aromatic rings. The van der Waals surface area contributed by atoms with Crippen LogP contribution in [0.4, 0.5) is 0 Å². The number of pyridine rings is 1. The van der Waals surface area contributed by atoms with Crippen molar-refractivity contribution in [1.29, 1.82) is 0 Å². The van der Waals surface area contributed by atoms with E-state index in [0.717, 1.165) is 11.8 Å². The van der Waals surface area contributed by atoms with Gasteiger partial charge in [-0.05, 0) is 17.7 Å². The first-order valence-electron chi connectivity index (χ1n) is 8.14. The average Bonchev–Trinajstić information content (AvgIpc) is 2.58. The second kappa shape index (κ2) is 8.39. The SMILES string of the molecule is CC(=O)N1CCN(C(=O)CCN(Cc2ccncc2)S(C)(=O)=O)CC1. The summed E-state index contributed by atoms with van der Waals surface area (Å²) in [5.74, 6) is -0.0840. The number of aromatic nitrogens is 1. The van der Waals surface area contributed by atoms with Gasteiger partial charge in [0.05, 0.1) is 6.26 Å². The summed E-state index contributed by atoms with van der Waals surface area (Å²) >= 11 is 0. The van der Waals surface area contributed by atoms with Crippen molar-refractivity contribution < 1.29 is 18.0 Å². The van der Waals surface area contributed by atoms with Crippen LogP contribution in [0.15, 0.2) is 24.5 Å². The maximum absolute atomic E-state index is 12.3. The van der Waals surface area contributed by atoms with Gasteiger partial charge in [0.25, 0.3) is 0 Å². The van der Waals surface area contributed by atoms with Gasteiger partial charge in [0, 0.05) is 65.0 Å². The number of nitrogens with zero attached hydrogens (tertiary/aromatic N) is 4. The number of carbonyl (C=O) groups is 2. The zero-order chi connectivity index (χ0) is 18.4. The first-order chi connectivity index (χ1) is 11.8. The van der Waals surface area contributed by atoms with E-state index < -0.39 is 10.0 Å². The summed E-state index contributed by atoms with van der Waals surface area (Å²) in [6, 6.07) is 3.50. The Morgan fingerprint density at radius 1 is 1.12 bits per heavy atom. The van der Waals surface area contributed by atoms with Crippen LogP contribution in [0.2, 0.25) is 0 Å². The lowest BCUT2D eigenvalue weighted by Crippen LogP contribution is -2.50. The number of sulfonamides is 1. The Labute approximate surface area is 148 Å². The van der Waals surface area contributed by atoms with Crippen LogP contribution in [0, 0.1) is 0 Å². The fraction of sp³-hybridized carbons (Fsp3) is 0.562. The number of piperazine rings is 1. The van der Waals surface area contributed by atoms with E-state index in [-0.39, 0.29) is 31.3 Å². The number of rotatable bonds is 6. The highest BCUT2D eigenvalue weighted by molar-refractivity contribution is 7.88. The van der Waals surface area contributed by atoms with Crippen LogP contribution in [-0.2, 0) is 26.2 Å². The largest absolute Gasteiger partial charge is 0.339 e. The molecule has 1 aromatic heterocycles. The molecule has 0 aliphatic carbocycles. The second-order valence-corrected chi connectivity index (χ2v) is 8.07. The van der Waals surface area contributed by atoms with Crippen LogP contribution in [0.5, 0.6) is 0 Å². The van der Waals surface area contributed by atoms with Gasteiger partial charge < -0.3 is 9.80 Å². The predicted octanol–water partition coefficient (Wildman–Crippen LogP) is -0.0760. The third-order valence-electron chi connectivity index (χ3n) is 4.23. The lowest BCUT2D eigenvalue weighted by molar-refractivity contribution is -0.138. The maximum atomic E-state index is 12.3. The van der Waals surface area contributed by atoms with Gasteiger partial charge in [-0.3, -0.25) is 14.6 Å². The topological polar surface area (TPSA) is 90.9 Å². The number of hydrogen-bond acceptors (Lipinski definition) is 5. The third kappa shape index (κ3) is 5.79. The lowest BCUT2D eigenvalue weighted by Gasteiger charge is -2.34. The summed E-state index contributed by atoms with van der Waals surface area (Å²) in [6.45, 7) is 3.88. The van der Waals surface area contributed by atoms with E-state index in [0.29, 0.717) is 26.2 Å². The molecule has 9 heteroatoms. The molecule has 2 rings (SSSR count). The monoisotopic (exact) mass is 368 g/mol. The van der Waals surface area contributed by atoms with Crippen LogP contribution < -0.4 is 0 Å². The Hall–Kier alpha value is -2.00. The summed E-state index contributed by atoms with van der Waals surface area (Å²) in [5, 5.41) is 0. The molecule has 0 unspecified atom stereocenters. The molecule has 0 radical (unpaired) electrons. The molecule has 0 bridgehead atoms. The van der Waals surface area contributed by atoms with Crippen LogP contribution in [-0.4, -0.2) is 78.3 Å². The van der Waals surface area contributed by atoms with Gasteiger partial charge >= 0.3 is 0 Å². The molecule has 0 spiro atoms. The molecular formula is C16H24N4O4S. The molecule has 2 heterocycles. The summed E-state index contributed by atoms with van der Waals surface area (Å²) in [4.78, 5) is 31.0. The highest BCUT2D eigenvalue weighted by Crippen LogP contribution is 2.10. The Bertz CT molecular complexity index is 700. The molecule has 1 aliphatic rings. The van der Waals surface area contributed by atoms with E-state index in [4.69, 9.17) is 0 Å². The molecule has 0 aromatic carbocycles. The summed E-state index contributed by atoms with van der Waals surface area (Å²) in [7, 11) is -3.42. The van der Waals surface area contributed by atoms with Gasteiger partial charge in [-0.2, -0.15) is 4.31 Å². The van der Waals surface area contributed by atoms with Crippen molar-refractivity contribution >= 4 is 21.8 Å². The summed E-state index contributed by atoms with van der Waals surface area (Å²) < 4.78 is 25.3. The molecule has 0 N–H and O–H groups in total. The van der Waals surface area contributed by atoms with Crippen molar-refractivity contribution in [3.8, 4) is 0 Å². The minimum atomic E-state index is -3.42. The molecule has 2 amide bonds. The standard InChI is InChI=1S/C16H24N4O4S/c1-14(21)18-9-11-19(12-10-18)16(22)5-8-20(25(2,23)24)13-15-3-6-17-7-4-15/h3-4,6-7H,5,8-13H2,1-2H3. The minimum absolute atomic E-state index is 0.00713. The van der Waals surface area contributed by atoms with Gasteiger partial charge in [-0.25, -0.2) is 8.42 Å². The van der Waals surface area contributed by atoms with Crippen molar-refractivity contribution in [2.24, 2.45) is 0 Å². The quantitative estimate of drug-likeness (QED) is 0.701. The minimum Gasteiger partial charge on any atom is -0.339 e. The zero-order valence-electron chi connectivity index (χ0n) is 14.6. The highest BCUT2D eigenvalue weighted by atomic mass is 32.2. The first kappa shape index (κ1) is 19.3. The molecule has 8 nitrogen and oxygen atoms in total. The molecular weight excluding hydrogens is 344 g/mol. The van der Waals surface area contributed by atoms with Gasteiger partial charge in [-0.15, -0.1) is 0 Å². The van der Waals surface area contributed by atoms with E-state index in [1.165, 1.54) is 11.2 Å². The van der Waals surface area contributed by atoms with E-state index in [1.54, 1.807) is 34.3 Å². The highest BCUT2D eigenvalue weighted by Gasteiger charge is 2.24. The van der Waals surface area contributed by atoms with Crippen LogP contribution in [0.25, 0.3) is 0 Å². The number of hydrogen-bond donors (Lipinski definition) is 0. The smallest absolute Gasteiger partial charge is 0.224 e. The van der Waals surface area contributed by atoms with Crippen molar-refractivity contribution in [3.05, 3.63) is 30.1 Å². The van der Waals surface area contributed by atoms with E-state index in [9.17, 15) is 18.0 Å². The Morgan fingerprint density at radius 3 is 2.20 bits per heavy atom. The fourth-order valence-corrected chi connectivity index (χ4v) is 3.51. The molecule has 0 atom stereocenters. The normalized spacial score (nSPS) is 15.5. The zero-order valence-corrected chi connectivity index (χ0v) is 15.4. The third-order valence-corrected chi connectivity index (χ3v) is 5.48. The number of amides is 2. The molecule has 1 fully saturated rings. The van der Waals surface area contributed by atoms with Crippen molar-refractivity contribution in [2.45, 2.75) is 19.9 Å². The summed E-state index contributed by atoms with van der Waals surface area (Å²) in [6.07, 6.45) is 4.48. The first-order valence-corrected chi connectivity index (χ1v) is 9.99. The van der Waals surface area contributed by atoms with E-state index in [1.807, 2.05) is 0 Å². The number of carbonyl (C=O) groups excluding carboxylic acids is 2. The van der Waals surface area contributed by atoms with Gasteiger partial charge in [0.15, 0.2) is 0 Å². The van der Waals surface area contributed by atoms with Crippen LogP contribution in [0.1, 0.15) is 18.9 Å². The van der Waals surface area contributed by atoms with E-state index in [2.05, 4.69) is 4.98 Å². The fourth-order valence-electron chi connectivity index (χ4n) is 2.70. The molecule has 0 saturated carbocycles. The average molecular weight is 368 g/mol. The van der Waals surface area contributed by atoms with Crippen molar-refractivity contribution in [2.75, 3.05) is 39.0 Å². The predicted molar refractivity (Wildman–Crippen MR) is 92.9 cm³/mol. The van der Waals surface area contributed by atoms with E-state index >= 15 is 0 Å². The van der Waals surface area contributed by atoms with Crippen LogP contribution in [0.3, 0.4) is 0 Å². The molecule has 1 saturated heterocycles. The molecule has 1 aliphatic heterocycles. The Morgan fingerprint density at radius 2 is 1.68 bits per heavy atom. The Balaban J connectivity index is 1.90. The van der Waals surface area contributed by atoms with Crippen LogP contribution >= 0.6 is 0 Å². The van der Waals surface area contributed by atoms with Crippen molar-refractivity contribution in [3.63, 3.8) is 0 Å². The molecule has 138 valence electrons. The second-order valence-electron chi connectivity index (χ2n) is 6.09. The van der Waals surface area contributed by atoms with Gasteiger partial charge in [-0.1, -0.05) is 0 Å². The summed E-state index contributed by atoms with van der Waals surface area (Å²) in [5.41, 5.74) is 0.822. The van der Waals surface area contributed by atoms with Gasteiger partial charge in [0.1, 0.15) is 0 Å². The Kier molecular flexibility index (Phi) is 6.49. The van der Waals surface area contributed by atoms with Gasteiger partial charge in [0.2, 0.25) is 21.8 Å².